The normalized spacial score (nSPS) is 12.1. The Balaban J connectivity index is 4.22. The molecule has 73 heavy (non-hydrogen) atoms. The second kappa shape index (κ2) is 62.4. The quantitative estimate of drug-likeness (QED) is 0.0261. The van der Waals surface area contributed by atoms with E-state index in [0.717, 1.165) is 64.2 Å². The zero-order valence-electron chi connectivity index (χ0n) is 49.4. The van der Waals surface area contributed by atoms with Crippen molar-refractivity contribution in [3.8, 4) is 0 Å². The van der Waals surface area contributed by atoms with E-state index in [2.05, 4.69) is 45.1 Å². The van der Waals surface area contributed by atoms with Crippen LogP contribution in [-0.4, -0.2) is 37.2 Å². The molecule has 6 nitrogen and oxygen atoms in total. The van der Waals surface area contributed by atoms with E-state index in [0.29, 0.717) is 19.3 Å². The molecule has 0 amide bonds. The van der Waals surface area contributed by atoms with Crippen LogP contribution in [0.25, 0.3) is 0 Å². The van der Waals surface area contributed by atoms with Crippen LogP contribution in [-0.2, 0) is 28.6 Å². The molecule has 430 valence electrons. The van der Waals surface area contributed by atoms with Crippen molar-refractivity contribution in [2.45, 2.75) is 374 Å². The zero-order chi connectivity index (χ0) is 52.9. The fraction of sp³-hybridized carbons (Fsp3) is 0.896. The number of hydrogen-bond donors (Lipinski definition) is 0. The summed E-state index contributed by atoms with van der Waals surface area (Å²) in [4.78, 5) is 38.3. The number of hydrogen-bond acceptors (Lipinski definition) is 6. The molecule has 0 aliphatic heterocycles. The summed E-state index contributed by atoms with van der Waals surface area (Å²) in [6.45, 7) is 6.69. The molecule has 6 heteroatoms. The Labute approximate surface area is 455 Å². The SMILES string of the molecule is CCCCCCC/C=C\C/C=C\CCCCCCCCCCCC(=O)OC(COC(=O)CCCCCCCCCCCCC)COC(=O)CCCCCCCCCCCCCCCCCCCCCCCCC. The third-order valence-electron chi connectivity index (χ3n) is 15.0. The molecule has 0 aliphatic rings. The Morgan fingerprint density at radius 1 is 0.274 bits per heavy atom. The molecule has 0 heterocycles. The van der Waals surface area contributed by atoms with Crippen LogP contribution in [0, 0.1) is 0 Å². The van der Waals surface area contributed by atoms with Crippen LogP contribution in [0.3, 0.4) is 0 Å². The molecule has 0 radical (unpaired) electrons. The first-order chi connectivity index (χ1) is 36.0. The highest BCUT2D eigenvalue weighted by molar-refractivity contribution is 5.71. The second-order valence-corrected chi connectivity index (χ2v) is 22.4. The number of ether oxygens (including phenoxy) is 3. The van der Waals surface area contributed by atoms with Crippen LogP contribution < -0.4 is 0 Å². The first-order valence-corrected chi connectivity index (χ1v) is 32.8. The van der Waals surface area contributed by atoms with Gasteiger partial charge in [-0.1, -0.05) is 321 Å². The monoisotopic (exact) mass is 1030 g/mol. The molecule has 0 bridgehead atoms. The van der Waals surface area contributed by atoms with Crippen LogP contribution in [0.2, 0.25) is 0 Å². The summed E-state index contributed by atoms with van der Waals surface area (Å²) in [7, 11) is 0. The van der Waals surface area contributed by atoms with Crippen LogP contribution in [0.1, 0.15) is 367 Å². The van der Waals surface area contributed by atoms with E-state index >= 15 is 0 Å². The number of unbranched alkanes of at least 4 members (excludes halogenated alkanes) is 46. The minimum absolute atomic E-state index is 0.0669. The maximum absolute atomic E-state index is 12.9. The van der Waals surface area contributed by atoms with E-state index in [1.54, 1.807) is 0 Å². The van der Waals surface area contributed by atoms with Gasteiger partial charge in [0, 0.05) is 19.3 Å². The van der Waals surface area contributed by atoms with Gasteiger partial charge in [0.25, 0.3) is 0 Å². The van der Waals surface area contributed by atoms with E-state index < -0.39 is 6.10 Å². The molecule has 0 saturated carbocycles. The Morgan fingerprint density at radius 2 is 0.493 bits per heavy atom. The van der Waals surface area contributed by atoms with Crippen LogP contribution in [0.4, 0.5) is 0 Å². The van der Waals surface area contributed by atoms with Crippen LogP contribution >= 0.6 is 0 Å². The van der Waals surface area contributed by atoms with Gasteiger partial charge in [0.15, 0.2) is 6.10 Å². The average molecular weight is 1030 g/mol. The molecular weight excluding hydrogens is 901 g/mol. The zero-order valence-corrected chi connectivity index (χ0v) is 49.4. The standard InChI is InChI=1S/C67H126O6/c1-4-7-10-13-16-19-22-24-26-28-30-32-33-35-36-38-40-42-45-48-51-54-57-60-66(69)72-63-64(62-71-65(68)59-56-53-50-47-44-21-18-15-12-9-6-3)73-67(70)61-58-55-52-49-46-43-41-39-37-34-31-29-27-25-23-20-17-14-11-8-5-2/h23,25,29,31,64H,4-22,24,26-28,30,32-63H2,1-3H3/b25-23-,31-29-. The number of rotatable bonds is 61. The molecule has 0 aromatic rings. The molecule has 1 unspecified atom stereocenters. The minimum Gasteiger partial charge on any atom is -0.462 e. The first kappa shape index (κ1) is 70.9. The summed E-state index contributed by atoms with van der Waals surface area (Å²) < 4.78 is 16.9. The number of allylic oxidation sites excluding steroid dienone is 4. The van der Waals surface area contributed by atoms with Crippen molar-refractivity contribution in [3.63, 3.8) is 0 Å². The van der Waals surface area contributed by atoms with E-state index in [1.807, 2.05) is 0 Å². The summed E-state index contributed by atoms with van der Waals surface area (Å²) in [5, 5.41) is 0. The topological polar surface area (TPSA) is 78.9 Å². The summed E-state index contributed by atoms with van der Waals surface area (Å²) in [5.41, 5.74) is 0. The molecular formula is C67H126O6. The second-order valence-electron chi connectivity index (χ2n) is 22.4. The molecule has 1 atom stereocenters. The van der Waals surface area contributed by atoms with Gasteiger partial charge in [-0.25, -0.2) is 0 Å². The summed E-state index contributed by atoms with van der Waals surface area (Å²) >= 11 is 0. The van der Waals surface area contributed by atoms with Gasteiger partial charge in [-0.05, 0) is 51.4 Å². The van der Waals surface area contributed by atoms with E-state index in [4.69, 9.17) is 14.2 Å². The van der Waals surface area contributed by atoms with Gasteiger partial charge in [-0.3, -0.25) is 14.4 Å². The van der Waals surface area contributed by atoms with Crippen molar-refractivity contribution >= 4 is 17.9 Å². The Bertz CT molecular complexity index is 1180. The van der Waals surface area contributed by atoms with Gasteiger partial charge in [0.1, 0.15) is 13.2 Å². The lowest BCUT2D eigenvalue weighted by molar-refractivity contribution is -0.167. The molecule has 0 spiro atoms. The largest absolute Gasteiger partial charge is 0.462 e. The molecule has 0 N–H and O–H groups in total. The predicted molar refractivity (Wildman–Crippen MR) is 316 cm³/mol. The van der Waals surface area contributed by atoms with Crippen molar-refractivity contribution in [1.82, 2.24) is 0 Å². The van der Waals surface area contributed by atoms with Crippen molar-refractivity contribution < 1.29 is 28.6 Å². The number of esters is 3. The molecule has 0 aromatic heterocycles. The van der Waals surface area contributed by atoms with Gasteiger partial charge < -0.3 is 14.2 Å². The summed E-state index contributed by atoms with van der Waals surface area (Å²) in [6.07, 6.45) is 74.8. The third-order valence-corrected chi connectivity index (χ3v) is 15.0. The Morgan fingerprint density at radius 3 is 0.753 bits per heavy atom. The maximum atomic E-state index is 12.9. The minimum atomic E-state index is -0.769. The van der Waals surface area contributed by atoms with Crippen molar-refractivity contribution in [2.75, 3.05) is 13.2 Å². The highest BCUT2D eigenvalue weighted by Crippen LogP contribution is 2.18. The van der Waals surface area contributed by atoms with Crippen molar-refractivity contribution in [2.24, 2.45) is 0 Å². The van der Waals surface area contributed by atoms with Gasteiger partial charge in [0.05, 0.1) is 0 Å². The molecule has 0 aromatic carbocycles. The van der Waals surface area contributed by atoms with Crippen LogP contribution in [0.15, 0.2) is 24.3 Å². The third kappa shape index (κ3) is 60.6. The van der Waals surface area contributed by atoms with Gasteiger partial charge >= 0.3 is 17.9 Å². The van der Waals surface area contributed by atoms with Gasteiger partial charge in [-0.15, -0.1) is 0 Å². The summed E-state index contributed by atoms with van der Waals surface area (Å²) in [6, 6.07) is 0. The van der Waals surface area contributed by atoms with Crippen molar-refractivity contribution in [1.29, 1.82) is 0 Å². The smallest absolute Gasteiger partial charge is 0.306 e. The Hall–Kier alpha value is -2.11. The Kier molecular flexibility index (Phi) is 60.6. The average Bonchev–Trinajstić information content (AvgIpc) is 3.39. The van der Waals surface area contributed by atoms with Gasteiger partial charge in [0.2, 0.25) is 0 Å². The van der Waals surface area contributed by atoms with Crippen LogP contribution in [0.5, 0.6) is 0 Å². The lowest BCUT2D eigenvalue weighted by Crippen LogP contribution is -2.30. The predicted octanol–water partition coefficient (Wildman–Crippen LogP) is 22.2. The fourth-order valence-electron chi connectivity index (χ4n) is 10.0. The van der Waals surface area contributed by atoms with E-state index in [1.165, 1.54) is 263 Å². The first-order valence-electron chi connectivity index (χ1n) is 32.8. The molecule has 0 aliphatic carbocycles. The maximum Gasteiger partial charge on any atom is 0.306 e. The fourth-order valence-corrected chi connectivity index (χ4v) is 10.0. The summed E-state index contributed by atoms with van der Waals surface area (Å²) in [5.74, 6) is -0.844. The van der Waals surface area contributed by atoms with E-state index in [9.17, 15) is 14.4 Å². The highest BCUT2D eigenvalue weighted by Gasteiger charge is 2.19. The van der Waals surface area contributed by atoms with Gasteiger partial charge in [-0.2, -0.15) is 0 Å². The lowest BCUT2D eigenvalue weighted by Gasteiger charge is -2.18. The van der Waals surface area contributed by atoms with E-state index in [-0.39, 0.29) is 31.1 Å². The molecule has 0 saturated heterocycles. The molecule has 0 rings (SSSR count). The highest BCUT2D eigenvalue weighted by atomic mass is 16.6. The lowest BCUT2D eigenvalue weighted by atomic mass is 10.0. The number of carbonyl (C=O) groups excluding carboxylic acids is 3. The molecule has 0 fully saturated rings. The number of carbonyl (C=O) groups is 3. The van der Waals surface area contributed by atoms with Crippen molar-refractivity contribution in [3.05, 3.63) is 24.3 Å².